The first kappa shape index (κ1) is 21.0. The molecule has 1 aromatic heterocycles. The molecule has 6 heteroatoms. The molecule has 0 saturated carbocycles. The molecule has 6 nitrogen and oxygen atoms in total. The average molecular weight is 394 g/mol. The van der Waals surface area contributed by atoms with Crippen molar-refractivity contribution in [2.75, 3.05) is 44.2 Å². The van der Waals surface area contributed by atoms with Crippen LogP contribution in [0.1, 0.15) is 36.3 Å². The van der Waals surface area contributed by atoms with Gasteiger partial charge in [0, 0.05) is 39.3 Å². The van der Waals surface area contributed by atoms with Crippen molar-refractivity contribution in [3.05, 3.63) is 59.8 Å². The molecule has 1 N–H and O–H groups in total. The third-order valence-electron chi connectivity index (χ3n) is 5.06. The molecule has 2 aromatic rings. The zero-order chi connectivity index (χ0) is 20.5. The Kier molecular flexibility index (Phi) is 7.76. The second kappa shape index (κ2) is 10.7. The number of piperazine rings is 1. The van der Waals surface area contributed by atoms with E-state index in [-0.39, 0.29) is 5.91 Å². The summed E-state index contributed by atoms with van der Waals surface area (Å²) in [5, 5.41) is 11.3. The van der Waals surface area contributed by atoms with Gasteiger partial charge in [0.15, 0.2) is 11.5 Å². The van der Waals surface area contributed by atoms with Gasteiger partial charge in [-0.15, -0.1) is 10.2 Å². The maximum Gasteiger partial charge on any atom is 0.271 e. The van der Waals surface area contributed by atoms with Gasteiger partial charge in [-0.2, -0.15) is 0 Å². The van der Waals surface area contributed by atoms with Crippen molar-refractivity contribution in [3.63, 3.8) is 0 Å². The Labute approximate surface area is 173 Å². The van der Waals surface area contributed by atoms with Gasteiger partial charge >= 0.3 is 0 Å². The zero-order valence-corrected chi connectivity index (χ0v) is 17.4. The second-order valence-corrected chi connectivity index (χ2v) is 7.82. The van der Waals surface area contributed by atoms with Gasteiger partial charge < -0.3 is 10.2 Å². The molecule has 1 aliphatic heterocycles. The summed E-state index contributed by atoms with van der Waals surface area (Å²) in [6.07, 6.45) is 5.35. The first-order valence-electron chi connectivity index (χ1n) is 10.4. The van der Waals surface area contributed by atoms with Crippen LogP contribution in [0.15, 0.2) is 48.5 Å². The number of hydrogen-bond acceptors (Lipinski definition) is 5. The van der Waals surface area contributed by atoms with E-state index in [4.69, 9.17) is 0 Å². The van der Waals surface area contributed by atoms with Crippen molar-refractivity contribution in [2.45, 2.75) is 20.3 Å². The second-order valence-electron chi connectivity index (χ2n) is 7.82. The molecule has 0 atom stereocenters. The summed E-state index contributed by atoms with van der Waals surface area (Å²) in [4.78, 5) is 16.8. The lowest BCUT2D eigenvalue weighted by atomic mass is 10.1. The number of benzene rings is 1. The minimum absolute atomic E-state index is 0.153. The van der Waals surface area contributed by atoms with E-state index >= 15 is 0 Å². The van der Waals surface area contributed by atoms with Gasteiger partial charge in [0.1, 0.15) is 0 Å². The number of nitrogens with one attached hydrogen (secondary N) is 1. The Hall–Kier alpha value is -2.73. The van der Waals surface area contributed by atoms with Crippen molar-refractivity contribution >= 4 is 17.8 Å². The van der Waals surface area contributed by atoms with Crippen LogP contribution in [0.2, 0.25) is 0 Å². The number of carbonyl (C=O) groups is 1. The van der Waals surface area contributed by atoms with Gasteiger partial charge in [0.2, 0.25) is 0 Å². The molecule has 0 bridgehead atoms. The lowest BCUT2D eigenvalue weighted by Gasteiger charge is -2.34. The van der Waals surface area contributed by atoms with E-state index in [1.807, 2.05) is 12.1 Å². The highest BCUT2D eigenvalue weighted by molar-refractivity contribution is 5.92. The Balaban J connectivity index is 1.43. The minimum Gasteiger partial charge on any atom is -0.353 e. The van der Waals surface area contributed by atoms with Crippen LogP contribution in [0.5, 0.6) is 0 Å². The number of aromatic nitrogens is 2. The van der Waals surface area contributed by atoms with E-state index in [1.54, 1.807) is 6.07 Å². The summed E-state index contributed by atoms with van der Waals surface area (Å²) in [6.45, 7) is 9.68. The monoisotopic (exact) mass is 393 g/mol. The normalized spacial score (nSPS) is 15.2. The van der Waals surface area contributed by atoms with Crippen molar-refractivity contribution in [2.24, 2.45) is 5.92 Å². The van der Waals surface area contributed by atoms with Crippen LogP contribution in [-0.4, -0.2) is 60.3 Å². The summed E-state index contributed by atoms with van der Waals surface area (Å²) >= 11 is 0. The molecule has 29 heavy (non-hydrogen) atoms. The SMILES string of the molecule is CC(C)CCNC(=O)c1ccc(N2CCN(C/C=C/c3ccccc3)CC2)nn1. The highest BCUT2D eigenvalue weighted by atomic mass is 16.1. The highest BCUT2D eigenvalue weighted by Gasteiger charge is 2.18. The molecular formula is C23H31N5O. The number of amides is 1. The van der Waals surface area contributed by atoms with Crippen molar-refractivity contribution in [1.29, 1.82) is 0 Å². The molecule has 3 rings (SSSR count). The fourth-order valence-corrected chi connectivity index (χ4v) is 3.24. The number of anilines is 1. The van der Waals surface area contributed by atoms with Crippen LogP contribution < -0.4 is 10.2 Å². The molecule has 1 amide bonds. The summed E-state index contributed by atoms with van der Waals surface area (Å²) in [7, 11) is 0. The maximum absolute atomic E-state index is 12.1. The van der Waals surface area contributed by atoms with Crippen LogP contribution in [0, 0.1) is 5.92 Å². The summed E-state index contributed by atoms with van der Waals surface area (Å²) in [6, 6.07) is 14.0. The summed E-state index contributed by atoms with van der Waals surface area (Å²) < 4.78 is 0. The molecule has 2 heterocycles. The first-order chi connectivity index (χ1) is 14.1. The van der Waals surface area contributed by atoms with Crippen molar-refractivity contribution in [1.82, 2.24) is 20.4 Å². The quantitative estimate of drug-likeness (QED) is 0.747. The molecule has 0 unspecified atom stereocenters. The molecule has 154 valence electrons. The van der Waals surface area contributed by atoms with E-state index in [0.717, 1.165) is 45.0 Å². The Morgan fingerprint density at radius 3 is 2.48 bits per heavy atom. The third kappa shape index (κ3) is 6.68. The first-order valence-corrected chi connectivity index (χ1v) is 10.4. The molecule has 1 aliphatic rings. The predicted octanol–water partition coefficient (Wildman–Crippen LogP) is 3.09. The van der Waals surface area contributed by atoms with E-state index in [1.165, 1.54) is 5.56 Å². The van der Waals surface area contributed by atoms with Gasteiger partial charge in [0.25, 0.3) is 5.91 Å². The largest absolute Gasteiger partial charge is 0.353 e. The molecule has 1 saturated heterocycles. The lowest BCUT2D eigenvalue weighted by molar-refractivity contribution is 0.0946. The number of hydrogen-bond donors (Lipinski definition) is 1. The van der Waals surface area contributed by atoms with Crippen molar-refractivity contribution in [3.8, 4) is 0 Å². The molecule has 1 fully saturated rings. The number of nitrogens with zero attached hydrogens (tertiary/aromatic N) is 4. The Morgan fingerprint density at radius 1 is 1.07 bits per heavy atom. The minimum atomic E-state index is -0.153. The number of rotatable bonds is 8. The topological polar surface area (TPSA) is 61.4 Å². The smallest absolute Gasteiger partial charge is 0.271 e. The molecule has 0 aliphatic carbocycles. The highest BCUT2D eigenvalue weighted by Crippen LogP contribution is 2.13. The van der Waals surface area contributed by atoms with Gasteiger partial charge in [-0.3, -0.25) is 9.69 Å². The third-order valence-corrected chi connectivity index (χ3v) is 5.06. The fourth-order valence-electron chi connectivity index (χ4n) is 3.24. The van der Waals surface area contributed by atoms with Crippen LogP contribution in [0.4, 0.5) is 5.82 Å². The fraction of sp³-hybridized carbons (Fsp3) is 0.435. The average Bonchev–Trinajstić information content (AvgIpc) is 2.75. The number of carbonyl (C=O) groups excluding carboxylic acids is 1. The van der Waals surface area contributed by atoms with Crippen LogP contribution in [0.25, 0.3) is 6.08 Å². The van der Waals surface area contributed by atoms with Crippen LogP contribution in [0.3, 0.4) is 0 Å². The summed E-state index contributed by atoms with van der Waals surface area (Å²) in [5.41, 5.74) is 1.61. The van der Waals surface area contributed by atoms with Gasteiger partial charge in [-0.25, -0.2) is 0 Å². The van der Waals surface area contributed by atoms with E-state index in [9.17, 15) is 4.79 Å². The Morgan fingerprint density at radius 2 is 1.83 bits per heavy atom. The van der Waals surface area contributed by atoms with Crippen LogP contribution in [-0.2, 0) is 0 Å². The predicted molar refractivity (Wildman–Crippen MR) is 118 cm³/mol. The van der Waals surface area contributed by atoms with Gasteiger partial charge in [-0.1, -0.05) is 56.3 Å². The zero-order valence-electron chi connectivity index (χ0n) is 17.4. The van der Waals surface area contributed by atoms with E-state index < -0.39 is 0 Å². The van der Waals surface area contributed by atoms with Gasteiger partial charge in [-0.05, 0) is 30.0 Å². The summed E-state index contributed by atoms with van der Waals surface area (Å²) in [5.74, 6) is 1.25. The maximum atomic E-state index is 12.1. The molecule has 0 spiro atoms. The van der Waals surface area contributed by atoms with Crippen LogP contribution >= 0.6 is 0 Å². The van der Waals surface area contributed by atoms with Gasteiger partial charge in [0.05, 0.1) is 0 Å². The standard InChI is InChI=1S/C23H31N5O/c1-19(2)12-13-24-23(29)21-10-11-22(26-25-21)28-17-15-27(16-18-28)14-6-9-20-7-4-3-5-8-20/h3-11,19H,12-18H2,1-2H3,(H,24,29)/b9-6+. The van der Waals surface area contributed by atoms with E-state index in [0.29, 0.717) is 18.2 Å². The molecular weight excluding hydrogens is 362 g/mol. The molecule has 1 aromatic carbocycles. The molecule has 0 radical (unpaired) electrons. The van der Waals surface area contributed by atoms with Crippen molar-refractivity contribution < 1.29 is 4.79 Å². The Bertz CT molecular complexity index is 781. The lowest BCUT2D eigenvalue weighted by Crippen LogP contribution is -2.46. The van der Waals surface area contributed by atoms with E-state index in [2.05, 4.69) is 75.6 Å².